The molecule has 0 amide bonds. The lowest BCUT2D eigenvalue weighted by molar-refractivity contribution is 0.218. The first-order valence-electron chi connectivity index (χ1n) is 9.01. The van der Waals surface area contributed by atoms with Crippen LogP contribution < -0.4 is 5.32 Å². The van der Waals surface area contributed by atoms with Crippen molar-refractivity contribution < 1.29 is 4.39 Å². The van der Waals surface area contributed by atoms with Gasteiger partial charge >= 0.3 is 0 Å². The molecule has 3 aromatic rings. The van der Waals surface area contributed by atoms with Crippen LogP contribution in [0.3, 0.4) is 0 Å². The van der Waals surface area contributed by atoms with Gasteiger partial charge in [0.15, 0.2) is 0 Å². The van der Waals surface area contributed by atoms with Crippen molar-refractivity contribution in [3.63, 3.8) is 0 Å². The van der Waals surface area contributed by atoms with Crippen molar-refractivity contribution in [2.24, 2.45) is 0 Å². The van der Waals surface area contributed by atoms with Gasteiger partial charge in [-0.15, -0.1) is 0 Å². The smallest absolute Gasteiger partial charge is 0.127 e. The molecule has 1 aliphatic rings. The fourth-order valence-corrected chi connectivity index (χ4v) is 3.68. The third-order valence-electron chi connectivity index (χ3n) is 4.87. The summed E-state index contributed by atoms with van der Waals surface area (Å²) in [4.78, 5) is 6.69. The molecule has 2 heterocycles. The number of aromatic nitrogens is 1. The van der Waals surface area contributed by atoms with E-state index in [2.05, 4.69) is 15.2 Å². The number of pyridine rings is 1. The van der Waals surface area contributed by atoms with Crippen molar-refractivity contribution in [1.82, 2.24) is 9.88 Å². The molecule has 2 aromatic carbocycles. The Morgan fingerprint density at radius 1 is 1.04 bits per heavy atom. The second-order valence-corrected chi connectivity index (χ2v) is 7.22. The molecule has 1 fully saturated rings. The zero-order chi connectivity index (χ0) is 17.9. The molecule has 26 heavy (non-hydrogen) atoms. The molecule has 4 rings (SSSR count). The maximum absolute atomic E-state index is 14.3. The number of nitrogens with one attached hydrogen (secondary N) is 1. The van der Waals surface area contributed by atoms with Gasteiger partial charge in [0.2, 0.25) is 0 Å². The van der Waals surface area contributed by atoms with Crippen molar-refractivity contribution in [3.05, 3.63) is 65.1 Å². The molecule has 1 saturated heterocycles. The van der Waals surface area contributed by atoms with Crippen molar-refractivity contribution in [1.29, 1.82) is 0 Å². The minimum atomic E-state index is -0.146. The van der Waals surface area contributed by atoms with Crippen molar-refractivity contribution in [2.45, 2.75) is 25.8 Å². The van der Waals surface area contributed by atoms with Gasteiger partial charge in [0, 0.05) is 40.1 Å². The number of fused-ring (bicyclic) bond motifs is 1. The Balaban J connectivity index is 1.59. The summed E-state index contributed by atoms with van der Waals surface area (Å²) in [6.45, 7) is 2.76. The third kappa shape index (κ3) is 3.81. The second-order valence-electron chi connectivity index (χ2n) is 6.79. The van der Waals surface area contributed by atoms with Gasteiger partial charge in [-0.25, -0.2) is 4.39 Å². The first-order valence-corrected chi connectivity index (χ1v) is 9.39. The van der Waals surface area contributed by atoms with Gasteiger partial charge in [-0.2, -0.15) is 0 Å². The van der Waals surface area contributed by atoms with Crippen molar-refractivity contribution in [3.8, 4) is 0 Å². The monoisotopic (exact) mass is 369 g/mol. The van der Waals surface area contributed by atoms with Gasteiger partial charge in [0.25, 0.3) is 0 Å². The Kier molecular flexibility index (Phi) is 5.05. The molecular formula is C21H21ClFN3. The van der Waals surface area contributed by atoms with E-state index in [-0.39, 0.29) is 5.82 Å². The number of rotatable bonds is 4. The van der Waals surface area contributed by atoms with Gasteiger partial charge in [0.1, 0.15) is 5.82 Å². The van der Waals surface area contributed by atoms with Crippen LogP contribution in [-0.4, -0.2) is 23.0 Å². The first-order chi connectivity index (χ1) is 12.7. The van der Waals surface area contributed by atoms with Crippen molar-refractivity contribution >= 4 is 33.9 Å². The summed E-state index contributed by atoms with van der Waals surface area (Å²) in [7, 11) is 0. The summed E-state index contributed by atoms with van der Waals surface area (Å²) < 4.78 is 14.3. The van der Waals surface area contributed by atoms with E-state index in [4.69, 9.17) is 11.6 Å². The topological polar surface area (TPSA) is 28.2 Å². The van der Waals surface area contributed by atoms with Crippen LogP contribution in [0.25, 0.3) is 10.9 Å². The second kappa shape index (κ2) is 7.60. The predicted molar refractivity (Wildman–Crippen MR) is 106 cm³/mol. The molecule has 0 aliphatic carbocycles. The van der Waals surface area contributed by atoms with Gasteiger partial charge in [-0.1, -0.05) is 18.0 Å². The Hall–Kier alpha value is -2.17. The summed E-state index contributed by atoms with van der Waals surface area (Å²) in [5.41, 5.74) is 3.37. The molecule has 134 valence electrons. The lowest BCUT2D eigenvalue weighted by Gasteiger charge is -2.26. The predicted octanol–water partition coefficient (Wildman–Crippen LogP) is 5.76. The zero-order valence-corrected chi connectivity index (χ0v) is 15.3. The molecule has 0 saturated carbocycles. The van der Waals surface area contributed by atoms with Crippen LogP contribution in [0.2, 0.25) is 5.02 Å². The Bertz CT molecular complexity index is 922. The molecule has 0 atom stereocenters. The minimum absolute atomic E-state index is 0.146. The van der Waals surface area contributed by atoms with Crippen LogP contribution in [0.4, 0.5) is 15.8 Å². The number of hydrogen-bond donors (Lipinski definition) is 1. The van der Waals surface area contributed by atoms with Gasteiger partial charge < -0.3 is 5.32 Å². The van der Waals surface area contributed by atoms with E-state index in [1.807, 2.05) is 30.3 Å². The number of hydrogen-bond acceptors (Lipinski definition) is 3. The van der Waals surface area contributed by atoms with E-state index >= 15 is 0 Å². The van der Waals surface area contributed by atoms with Crippen LogP contribution in [0, 0.1) is 5.82 Å². The molecule has 0 bridgehead atoms. The van der Waals surface area contributed by atoms with E-state index in [1.165, 1.54) is 19.3 Å². The number of benzene rings is 2. The molecule has 5 heteroatoms. The standard InChI is InChI=1S/C21H21ClFN3/c22-16-4-6-18-20(8-9-24-21(18)13-16)25-17-5-7-19(23)15(12-17)14-26-10-2-1-3-11-26/h4-9,12-13H,1-3,10-11,14H2,(H,24,25). The summed E-state index contributed by atoms with van der Waals surface area (Å²) in [5.74, 6) is -0.146. The molecule has 1 N–H and O–H groups in total. The quantitative estimate of drug-likeness (QED) is 0.634. The average Bonchev–Trinajstić information content (AvgIpc) is 2.65. The summed E-state index contributed by atoms with van der Waals surface area (Å²) in [5, 5.41) is 5.05. The molecule has 0 radical (unpaired) electrons. The molecule has 1 aliphatic heterocycles. The highest BCUT2D eigenvalue weighted by molar-refractivity contribution is 6.31. The van der Waals surface area contributed by atoms with E-state index in [1.54, 1.807) is 18.3 Å². The molecular weight excluding hydrogens is 349 g/mol. The normalized spacial score (nSPS) is 15.3. The van der Waals surface area contributed by atoms with Crippen LogP contribution in [0.5, 0.6) is 0 Å². The maximum Gasteiger partial charge on any atom is 0.127 e. The largest absolute Gasteiger partial charge is 0.355 e. The highest BCUT2D eigenvalue weighted by Gasteiger charge is 2.13. The molecule has 0 unspecified atom stereocenters. The fourth-order valence-electron chi connectivity index (χ4n) is 3.52. The number of piperidine rings is 1. The van der Waals surface area contributed by atoms with E-state index < -0.39 is 0 Å². The highest BCUT2D eigenvalue weighted by atomic mass is 35.5. The van der Waals surface area contributed by atoms with Crippen LogP contribution in [-0.2, 0) is 6.54 Å². The Morgan fingerprint density at radius 2 is 1.88 bits per heavy atom. The summed E-state index contributed by atoms with van der Waals surface area (Å²) in [6.07, 6.45) is 5.43. The van der Waals surface area contributed by atoms with E-state index in [9.17, 15) is 4.39 Å². The van der Waals surface area contributed by atoms with Crippen LogP contribution in [0.15, 0.2) is 48.7 Å². The molecule has 1 aromatic heterocycles. The first kappa shape index (κ1) is 17.3. The fraction of sp³-hybridized carbons (Fsp3) is 0.286. The molecule has 3 nitrogen and oxygen atoms in total. The Morgan fingerprint density at radius 3 is 2.73 bits per heavy atom. The summed E-state index contributed by atoms with van der Waals surface area (Å²) >= 11 is 6.06. The number of likely N-dealkylation sites (tertiary alicyclic amines) is 1. The van der Waals surface area contributed by atoms with Gasteiger partial charge in [-0.3, -0.25) is 9.88 Å². The zero-order valence-electron chi connectivity index (χ0n) is 14.5. The summed E-state index contributed by atoms with van der Waals surface area (Å²) in [6, 6.07) is 12.8. The van der Waals surface area contributed by atoms with E-state index in [0.717, 1.165) is 40.9 Å². The number of anilines is 2. The van der Waals surface area contributed by atoms with Gasteiger partial charge in [-0.05, 0) is 68.4 Å². The molecule has 0 spiro atoms. The number of nitrogens with zero attached hydrogens (tertiary/aromatic N) is 2. The Labute approximate surface area is 157 Å². The van der Waals surface area contributed by atoms with E-state index in [0.29, 0.717) is 11.6 Å². The van der Waals surface area contributed by atoms with Gasteiger partial charge in [0.05, 0.1) is 5.52 Å². The average molecular weight is 370 g/mol. The minimum Gasteiger partial charge on any atom is -0.355 e. The van der Waals surface area contributed by atoms with Crippen LogP contribution >= 0.6 is 11.6 Å². The lowest BCUT2D eigenvalue weighted by Crippen LogP contribution is -2.29. The van der Waals surface area contributed by atoms with Crippen molar-refractivity contribution in [2.75, 3.05) is 18.4 Å². The lowest BCUT2D eigenvalue weighted by atomic mass is 10.1. The highest BCUT2D eigenvalue weighted by Crippen LogP contribution is 2.28. The number of halogens is 2. The maximum atomic E-state index is 14.3. The SMILES string of the molecule is Fc1ccc(Nc2ccnc3cc(Cl)ccc23)cc1CN1CCCCC1. The third-order valence-corrected chi connectivity index (χ3v) is 5.11. The van der Waals surface area contributed by atoms with Crippen LogP contribution in [0.1, 0.15) is 24.8 Å².